The zero-order valence-corrected chi connectivity index (χ0v) is 17.2. The Labute approximate surface area is 170 Å². The highest BCUT2D eigenvalue weighted by Gasteiger charge is 2.20. The Balaban J connectivity index is 1.77. The highest BCUT2D eigenvalue weighted by Crippen LogP contribution is 2.23. The third kappa shape index (κ3) is 5.79. The number of sulfonamides is 1. The molecule has 0 unspecified atom stereocenters. The molecule has 2 aromatic carbocycles. The second-order valence-corrected chi connectivity index (χ2v) is 8.72. The Bertz CT molecular complexity index is 1070. The summed E-state index contributed by atoms with van der Waals surface area (Å²) in [4.78, 5) is 11.5. The second-order valence-electron chi connectivity index (χ2n) is 6.74. The maximum atomic E-state index is 12.3. The van der Waals surface area contributed by atoms with E-state index in [2.05, 4.69) is 4.74 Å². The lowest BCUT2D eigenvalue weighted by molar-refractivity contribution is -0.139. The van der Waals surface area contributed by atoms with E-state index >= 15 is 0 Å². The van der Waals surface area contributed by atoms with Crippen molar-refractivity contribution in [2.24, 2.45) is 0 Å². The molecule has 0 radical (unpaired) electrons. The van der Waals surface area contributed by atoms with Gasteiger partial charge in [0.05, 0.1) is 26.3 Å². The summed E-state index contributed by atoms with van der Waals surface area (Å²) in [6.07, 6.45) is 1.31. The normalized spacial score (nSPS) is 11.6. The van der Waals surface area contributed by atoms with Gasteiger partial charge >= 0.3 is 5.97 Å². The lowest BCUT2D eigenvalue weighted by Crippen LogP contribution is -2.29. The fraction of sp³-hybridized carbons (Fsp3) is 0.227. The number of benzene rings is 2. The third-order valence-electron chi connectivity index (χ3n) is 4.45. The van der Waals surface area contributed by atoms with E-state index in [0.29, 0.717) is 11.5 Å². The van der Waals surface area contributed by atoms with Crippen LogP contribution in [0.1, 0.15) is 16.9 Å². The highest BCUT2D eigenvalue weighted by molar-refractivity contribution is 7.88. The Kier molecular flexibility index (Phi) is 6.51. The van der Waals surface area contributed by atoms with Gasteiger partial charge in [-0.25, -0.2) is 8.42 Å². The summed E-state index contributed by atoms with van der Waals surface area (Å²) in [7, 11) is -2.14. The SMILES string of the molecule is COC(=O)Cc1cccc(CN(Cc2ccc(-c3ccccc3)o2)S(C)(=O)=O)c1. The predicted molar refractivity (Wildman–Crippen MR) is 110 cm³/mol. The maximum Gasteiger partial charge on any atom is 0.309 e. The van der Waals surface area contributed by atoms with Gasteiger partial charge in [-0.2, -0.15) is 4.31 Å². The van der Waals surface area contributed by atoms with Crippen molar-refractivity contribution in [2.75, 3.05) is 13.4 Å². The number of methoxy groups -OCH3 is 1. The summed E-state index contributed by atoms with van der Waals surface area (Å²) < 4.78 is 36.6. The average Bonchev–Trinajstić information content (AvgIpc) is 3.16. The van der Waals surface area contributed by atoms with Gasteiger partial charge in [-0.1, -0.05) is 54.6 Å². The number of ether oxygens (including phenoxy) is 1. The third-order valence-corrected chi connectivity index (χ3v) is 5.64. The summed E-state index contributed by atoms with van der Waals surface area (Å²) in [5.74, 6) is 0.903. The number of rotatable bonds is 8. The fourth-order valence-electron chi connectivity index (χ4n) is 2.97. The lowest BCUT2D eigenvalue weighted by atomic mass is 10.1. The number of carbonyl (C=O) groups is 1. The van der Waals surface area contributed by atoms with Gasteiger partial charge in [0.25, 0.3) is 0 Å². The van der Waals surface area contributed by atoms with Gasteiger partial charge in [0, 0.05) is 12.1 Å². The number of esters is 1. The molecule has 0 aliphatic heterocycles. The van der Waals surface area contributed by atoms with Crippen molar-refractivity contribution in [3.05, 3.63) is 83.6 Å². The first-order valence-corrected chi connectivity index (χ1v) is 10.9. The topological polar surface area (TPSA) is 76.8 Å². The minimum atomic E-state index is -3.48. The number of hydrogen-bond acceptors (Lipinski definition) is 5. The molecule has 0 fully saturated rings. The summed E-state index contributed by atoms with van der Waals surface area (Å²) in [6.45, 7) is 0.294. The smallest absolute Gasteiger partial charge is 0.309 e. The molecule has 1 aromatic heterocycles. The van der Waals surface area contributed by atoms with Crippen LogP contribution >= 0.6 is 0 Å². The van der Waals surface area contributed by atoms with Crippen LogP contribution in [0.25, 0.3) is 11.3 Å². The van der Waals surface area contributed by atoms with E-state index in [1.165, 1.54) is 17.7 Å². The molecule has 0 aliphatic rings. The minimum absolute atomic E-state index is 0.118. The number of carbonyl (C=O) groups excluding carboxylic acids is 1. The van der Waals surface area contributed by atoms with E-state index < -0.39 is 10.0 Å². The van der Waals surface area contributed by atoms with Crippen molar-refractivity contribution < 1.29 is 22.4 Å². The molecular formula is C22H23NO5S. The highest BCUT2D eigenvalue weighted by atomic mass is 32.2. The van der Waals surface area contributed by atoms with Gasteiger partial charge in [-0.15, -0.1) is 0 Å². The molecule has 1 heterocycles. The first-order valence-electron chi connectivity index (χ1n) is 9.09. The number of furan rings is 1. The van der Waals surface area contributed by atoms with Crippen molar-refractivity contribution in [3.63, 3.8) is 0 Å². The molecule has 152 valence electrons. The molecule has 3 aromatic rings. The molecule has 0 amide bonds. The van der Waals surface area contributed by atoms with Crippen LogP contribution in [-0.2, 0) is 39.1 Å². The molecule has 3 rings (SSSR count). The summed E-state index contributed by atoms with van der Waals surface area (Å²) in [6, 6.07) is 20.5. The van der Waals surface area contributed by atoms with Gasteiger partial charge < -0.3 is 9.15 Å². The Morgan fingerprint density at radius 3 is 2.38 bits per heavy atom. The van der Waals surface area contributed by atoms with Gasteiger partial charge in [-0.05, 0) is 23.3 Å². The van der Waals surface area contributed by atoms with Crippen molar-refractivity contribution in [2.45, 2.75) is 19.5 Å². The van der Waals surface area contributed by atoms with E-state index in [0.717, 1.165) is 16.7 Å². The second kappa shape index (κ2) is 9.07. The Morgan fingerprint density at radius 1 is 0.966 bits per heavy atom. The fourth-order valence-corrected chi connectivity index (χ4v) is 3.71. The molecule has 0 saturated heterocycles. The Morgan fingerprint density at radius 2 is 1.69 bits per heavy atom. The molecular weight excluding hydrogens is 390 g/mol. The molecule has 0 spiro atoms. The molecule has 6 nitrogen and oxygen atoms in total. The first-order chi connectivity index (χ1) is 13.8. The van der Waals surface area contributed by atoms with Crippen LogP contribution in [0.4, 0.5) is 0 Å². The Hall–Kier alpha value is -2.90. The quantitative estimate of drug-likeness (QED) is 0.527. The van der Waals surface area contributed by atoms with Crippen molar-refractivity contribution in [1.29, 1.82) is 0 Å². The molecule has 0 saturated carbocycles. The van der Waals surface area contributed by atoms with Crippen molar-refractivity contribution in [1.82, 2.24) is 4.31 Å². The molecule has 7 heteroatoms. The van der Waals surface area contributed by atoms with Crippen LogP contribution in [0.15, 0.2) is 71.1 Å². The standard InChI is InChI=1S/C22H23NO5S/c1-27-22(24)14-17-7-6-8-18(13-17)15-23(29(2,25)26)16-20-11-12-21(28-20)19-9-4-3-5-10-19/h3-13H,14-16H2,1-2H3. The van der Waals surface area contributed by atoms with E-state index in [9.17, 15) is 13.2 Å². The predicted octanol–water partition coefficient (Wildman–Crippen LogP) is 3.62. The first kappa shape index (κ1) is 20.8. The van der Waals surface area contributed by atoms with Crippen molar-refractivity contribution in [3.8, 4) is 11.3 Å². The molecule has 0 aliphatic carbocycles. The average molecular weight is 413 g/mol. The number of nitrogens with zero attached hydrogens (tertiary/aromatic N) is 1. The van der Waals surface area contributed by atoms with Gasteiger partial charge in [-0.3, -0.25) is 4.79 Å². The largest absolute Gasteiger partial charge is 0.469 e. The van der Waals surface area contributed by atoms with Crippen LogP contribution in [-0.4, -0.2) is 32.1 Å². The molecule has 0 atom stereocenters. The summed E-state index contributed by atoms with van der Waals surface area (Å²) in [5.41, 5.74) is 2.49. The molecule has 29 heavy (non-hydrogen) atoms. The van der Waals surface area contributed by atoms with Gasteiger partial charge in [0.2, 0.25) is 10.0 Å². The minimum Gasteiger partial charge on any atom is -0.469 e. The van der Waals surface area contributed by atoms with Crippen LogP contribution in [0.3, 0.4) is 0 Å². The zero-order chi connectivity index (χ0) is 20.9. The zero-order valence-electron chi connectivity index (χ0n) is 16.4. The number of hydrogen-bond donors (Lipinski definition) is 0. The van der Waals surface area contributed by atoms with Gasteiger partial charge in [0.1, 0.15) is 11.5 Å². The van der Waals surface area contributed by atoms with E-state index in [1.54, 1.807) is 12.1 Å². The van der Waals surface area contributed by atoms with E-state index in [1.807, 2.05) is 54.6 Å². The van der Waals surface area contributed by atoms with Crippen LogP contribution in [0.5, 0.6) is 0 Å². The lowest BCUT2D eigenvalue weighted by Gasteiger charge is -2.19. The van der Waals surface area contributed by atoms with Crippen LogP contribution < -0.4 is 0 Å². The summed E-state index contributed by atoms with van der Waals surface area (Å²) in [5, 5.41) is 0. The summed E-state index contributed by atoms with van der Waals surface area (Å²) >= 11 is 0. The monoisotopic (exact) mass is 413 g/mol. The van der Waals surface area contributed by atoms with Crippen LogP contribution in [0, 0.1) is 0 Å². The van der Waals surface area contributed by atoms with Gasteiger partial charge in [0.15, 0.2) is 0 Å². The van der Waals surface area contributed by atoms with E-state index in [-0.39, 0.29) is 25.5 Å². The van der Waals surface area contributed by atoms with Crippen molar-refractivity contribution >= 4 is 16.0 Å². The molecule has 0 N–H and O–H groups in total. The van der Waals surface area contributed by atoms with Crippen LogP contribution in [0.2, 0.25) is 0 Å². The maximum absolute atomic E-state index is 12.3. The molecule has 0 bridgehead atoms. The van der Waals surface area contributed by atoms with E-state index in [4.69, 9.17) is 4.42 Å².